The van der Waals surface area contributed by atoms with Crippen molar-refractivity contribution in [2.24, 2.45) is 0 Å². The zero-order valence-electron chi connectivity index (χ0n) is 10.7. The predicted octanol–water partition coefficient (Wildman–Crippen LogP) is 3.73. The summed E-state index contributed by atoms with van der Waals surface area (Å²) in [6, 6.07) is 8.06. The van der Waals surface area contributed by atoms with E-state index in [-0.39, 0.29) is 5.91 Å². The van der Waals surface area contributed by atoms with Crippen LogP contribution in [0.2, 0.25) is 0 Å². The molecule has 18 heavy (non-hydrogen) atoms. The number of rotatable bonds is 1. The molecule has 2 aliphatic rings. The van der Waals surface area contributed by atoms with E-state index < -0.39 is 0 Å². The Morgan fingerprint density at radius 3 is 2.28 bits per heavy atom. The number of benzene rings is 1. The van der Waals surface area contributed by atoms with E-state index in [0.717, 1.165) is 36.2 Å². The summed E-state index contributed by atoms with van der Waals surface area (Å²) in [5.74, 6) is 0.138. The maximum absolute atomic E-state index is 12.4. The molecule has 1 aliphatic carbocycles. The summed E-state index contributed by atoms with van der Waals surface area (Å²) in [6.07, 6.45) is 4.21. The van der Waals surface area contributed by atoms with Crippen LogP contribution in [0.5, 0.6) is 0 Å². The van der Waals surface area contributed by atoms with Crippen molar-refractivity contribution in [1.29, 1.82) is 0 Å². The fraction of sp³-hybridized carbons (Fsp3) is 0.312. The summed E-state index contributed by atoms with van der Waals surface area (Å²) < 4.78 is 0. The van der Waals surface area contributed by atoms with Crippen LogP contribution < -0.4 is 4.90 Å². The molecule has 0 N–H and O–H groups in total. The highest BCUT2D eigenvalue weighted by atomic mass is 16.2. The molecule has 1 aromatic rings. The average Bonchev–Trinajstić information content (AvgIpc) is 2.64. The molecule has 0 atom stereocenters. The second kappa shape index (κ2) is 4.13. The van der Waals surface area contributed by atoms with E-state index in [1.165, 1.54) is 17.6 Å². The highest BCUT2D eigenvalue weighted by Gasteiger charge is 2.35. The fourth-order valence-corrected chi connectivity index (χ4v) is 2.82. The van der Waals surface area contributed by atoms with Gasteiger partial charge in [0.15, 0.2) is 0 Å². The van der Waals surface area contributed by atoms with Crippen molar-refractivity contribution >= 4 is 11.6 Å². The Morgan fingerprint density at radius 1 is 1.06 bits per heavy atom. The lowest BCUT2D eigenvalue weighted by Gasteiger charge is -2.19. The van der Waals surface area contributed by atoms with Gasteiger partial charge in [0.1, 0.15) is 0 Å². The van der Waals surface area contributed by atoms with Crippen molar-refractivity contribution in [3.63, 3.8) is 0 Å². The van der Waals surface area contributed by atoms with Gasteiger partial charge in [0.05, 0.1) is 0 Å². The van der Waals surface area contributed by atoms with Crippen molar-refractivity contribution in [3.05, 3.63) is 53.3 Å². The summed E-state index contributed by atoms with van der Waals surface area (Å²) in [4.78, 5) is 14.2. The van der Waals surface area contributed by atoms with Gasteiger partial charge >= 0.3 is 0 Å². The van der Waals surface area contributed by atoms with Crippen molar-refractivity contribution in [1.82, 2.24) is 0 Å². The average molecular weight is 239 g/mol. The van der Waals surface area contributed by atoms with Crippen LogP contribution in [0.25, 0.3) is 0 Å². The van der Waals surface area contributed by atoms with Crippen LogP contribution in [-0.4, -0.2) is 5.91 Å². The standard InChI is InChI=1S/C16H17NO/c1-11-7-9-13(10-8-11)17-12(2)14-5-3-4-6-15(14)16(17)18/h7-10H,2-6H2,1H3. The normalized spacial score (nSPS) is 19.5. The van der Waals surface area contributed by atoms with Gasteiger partial charge in [-0.1, -0.05) is 24.3 Å². The van der Waals surface area contributed by atoms with Gasteiger partial charge in [-0.15, -0.1) is 0 Å². The van der Waals surface area contributed by atoms with Crippen LogP contribution in [0, 0.1) is 6.92 Å². The third-order valence-corrected chi connectivity index (χ3v) is 3.84. The Kier molecular flexibility index (Phi) is 2.58. The molecule has 0 saturated heterocycles. The van der Waals surface area contributed by atoms with Crippen LogP contribution in [0.15, 0.2) is 47.7 Å². The SMILES string of the molecule is C=C1C2=C(CCCC2)C(=O)N1c1ccc(C)cc1. The number of carbonyl (C=O) groups is 1. The smallest absolute Gasteiger partial charge is 0.259 e. The fourth-order valence-electron chi connectivity index (χ4n) is 2.82. The number of allylic oxidation sites excluding steroid dienone is 1. The topological polar surface area (TPSA) is 20.3 Å². The summed E-state index contributed by atoms with van der Waals surface area (Å²) in [7, 11) is 0. The Balaban J connectivity index is 1.99. The van der Waals surface area contributed by atoms with Gasteiger partial charge < -0.3 is 0 Å². The number of amides is 1. The molecule has 92 valence electrons. The van der Waals surface area contributed by atoms with Crippen molar-refractivity contribution in [2.45, 2.75) is 32.6 Å². The molecule has 0 fully saturated rings. The molecule has 2 heteroatoms. The first kappa shape index (κ1) is 11.3. The molecule has 0 spiro atoms. The van der Waals surface area contributed by atoms with Gasteiger partial charge in [-0.05, 0) is 50.3 Å². The third kappa shape index (κ3) is 1.60. The van der Waals surface area contributed by atoms with Crippen molar-refractivity contribution in [2.75, 3.05) is 4.90 Å². The molecule has 1 heterocycles. The molecule has 1 aliphatic heterocycles. The molecule has 0 bridgehead atoms. The largest absolute Gasteiger partial charge is 0.278 e. The first-order chi connectivity index (χ1) is 8.68. The van der Waals surface area contributed by atoms with Gasteiger partial charge in [0.2, 0.25) is 0 Å². The molecule has 2 nitrogen and oxygen atoms in total. The lowest BCUT2D eigenvalue weighted by Crippen LogP contribution is -2.24. The second-order valence-electron chi connectivity index (χ2n) is 5.09. The molecule has 0 radical (unpaired) electrons. The first-order valence-electron chi connectivity index (χ1n) is 6.51. The van der Waals surface area contributed by atoms with Gasteiger partial charge in [-0.2, -0.15) is 0 Å². The minimum Gasteiger partial charge on any atom is -0.278 e. The van der Waals surface area contributed by atoms with Gasteiger partial charge in [0, 0.05) is 17.0 Å². The third-order valence-electron chi connectivity index (χ3n) is 3.84. The molecule has 1 aromatic carbocycles. The monoisotopic (exact) mass is 239 g/mol. The molecular formula is C16H17NO. The number of aryl methyl sites for hydroxylation is 1. The van der Waals surface area contributed by atoms with Gasteiger partial charge in [-0.3, -0.25) is 9.69 Å². The minimum atomic E-state index is 0.138. The van der Waals surface area contributed by atoms with Crippen LogP contribution >= 0.6 is 0 Å². The minimum absolute atomic E-state index is 0.138. The highest BCUT2D eigenvalue weighted by Crippen LogP contribution is 2.40. The van der Waals surface area contributed by atoms with Gasteiger partial charge in [0.25, 0.3) is 5.91 Å². The quantitative estimate of drug-likeness (QED) is 0.731. The van der Waals surface area contributed by atoms with E-state index in [2.05, 4.69) is 6.58 Å². The number of anilines is 1. The second-order valence-corrected chi connectivity index (χ2v) is 5.09. The van der Waals surface area contributed by atoms with E-state index in [1.807, 2.05) is 31.2 Å². The predicted molar refractivity (Wildman–Crippen MR) is 73.3 cm³/mol. The van der Waals surface area contributed by atoms with Crippen LogP contribution in [0.3, 0.4) is 0 Å². The van der Waals surface area contributed by atoms with Gasteiger partial charge in [-0.25, -0.2) is 0 Å². The summed E-state index contributed by atoms with van der Waals surface area (Å²) in [6.45, 7) is 6.17. The summed E-state index contributed by atoms with van der Waals surface area (Å²) in [5, 5.41) is 0. The van der Waals surface area contributed by atoms with E-state index in [4.69, 9.17) is 0 Å². The maximum Gasteiger partial charge on any atom is 0.259 e. The molecule has 0 unspecified atom stereocenters. The Labute approximate surface area is 108 Å². The molecule has 0 saturated carbocycles. The first-order valence-corrected chi connectivity index (χ1v) is 6.51. The lowest BCUT2D eigenvalue weighted by molar-refractivity contribution is -0.114. The lowest BCUT2D eigenvalue weighted by atomic mass is 9.93. The van der Waals surface area contributed by atoms with E-state index in [1.54, 1.807) is 4.90 Å². The Morgan fingerprint density at radius 2 is 1.67 bits per heavy atom. The highest BCUT2D eigenvalue weighted by molar-refractivity contribution is 6.13. The number of hydrogen-bond acceptors (Lipinski definition) is 1. The summed E-state index contributed by atoms with van der Waals surface area (Å²) >= 11 is 0. The van der Waals surface area contributed by atoms with Crippen molar-refractivity contribution in [3.8, 4) is 0 Å². The zero-order chi connectivity index (χ0) is 12.7. The number of hydrogen-bond donors (Lipinski definition) is 0. The Bertz CT molecular complexity index is 523. The van der Waals surface area contributed by atoms with Crippen molar-refractivity contribution < 1.29 is 4.79 Å². The molecule has 1 amide bonds. The van der Waals surface area contributed by atoms with Crippen LogP contribution in [-0.2, 0) is 4.79 Å². The molecule has 0 aromatic heterocycles. The van der Waals surface area contributed by atoms with E-state index in [0.29, 0.717) is 0 Å². The zero-order valence-corrected chi connectivity index (χ0v) is 10.7. The number of nitrogens with zero attached hydrogens (tertiary/aromatic N) is 1. The maximum atomic E-state index is 12.4. The number of carbonyl (C=O) groups excluding carboxylic acids is 1. The van der Waals surface area contributed by atoms with E-state index in [9.17, 15) is 4.79 Å². The van der Waals surface area contributed by atoms with Crippen LogP contribution in [0.1, 0.15) is 31.2 Å². The Hall–Kier alpha value is -1.83. The molecule has 3 rings (SSSR count). The van der Waals surface area contributed by atoms with Crippen LogP contribution in [0.4, 0.5) is 5.69 Å². The van der Waals surface area contributed by atoms with E-state index >= 15 is 0 Å². The molecular weight excluding hydrogens is 222 g/mol. The summed E-state index contributed by atoms with van der Waals surface area (Å²) in [5.41, 5.74) is 5.20.